The number of carbonyl (C=O) groups excluding carboxylic acids is 1. The van der Waals surface area contributed by atoms with Crippen LogP contribution < -0.4 is 5.32 Å². The van der Waals surface area contributed by atoms with Gasteiger partial charge in [0.1, 0.15) is 11.4 Å². The van der Waals surface area contributed by atoms with Crippen LogP contribution in [0.5, 0.6) is 0 Å². The predicted octanol–water partition coefficient (Wildman–Crippen LogP) is 3.45. The summed E-state index contributed by atoms with van der Waals surface area (Å²) in [7, 11) is 0. The van der Waals surface area contributed by atoms with E-state index < -0.39 is 5.60 Å². The van der Waals surface area contributed by atoms with Crippen molar-refractivity contribution in [3.63, 3.8) is 0 Å². The Morgan fingerprint density at radius 2 is 2.23 bits per heavy atom. The highest BCUT2D eigenvalue weighted by molar-refractivity contribution is 5.68. The van der Waals surface area contributed by atoms with Crippen molar-refractivity contribution < 1.29 is 9.53 Å². The fourth-order valence-corrected chi connectivity index (χ4v) is 2.55. The monoisotopic (exact) mass is 305 g/mol. The van der Waals surface area contributed by atoms with Crippen LogP contribution in [0.25, 0.3) is 0 Å². The highest BCUT2D eigenvalue weighted by atomic mass is 16.6. The number of ether oxygens (including phenoxy) is 1. The van der Waals surface area contributed by atoms with Gasteiger partial charge in [0.2, 0.25) is 0 Å². The number of hydrogen-bond acceptors (Lipinski definition) is 4. The molecule has 0 saturated carbocycles. The molecule has 1 amide bonds. The second-order valence-corrected chi connectivity index (χ2v) is 7.04. The Kier molecular flexibility index (Phi) is 5.27. The molecule has 1 saturated heterocycles. The molecule has 5 nitrogen and oxygen atoms in total. The van der Waals surface area contributed by atoms with Crippen molar-refractivity contribution >= 4 is 11.9 Å². The summed E-state index contributed by atoms with van der Waals surface area (Å²) in [6.45, 7) is 10.1. The van der Waals surface area contributed by atoms with Gasteiger partial charge >= 0.3 is 6.09 Å². The maximum atomic E-state index is 12.1. The van der Waals surface area contributed by atoms with Gasteiger partial charge in [0.05, 0.1) is 0 Å². The number of anilines is 1. The van der Waals surface area contributed by atoms with E-state index in [1.165, 1.54) is 0 Å². The minimum atomic E-state index is -0.436. The third-order valence-corrected chi connectivity index (χ3v) is 3.65. The summed E-state index contributed by atoms with van der Waals surface area (Å²) >= 11 is 0. The largest absolute Gasteiger partial charge is 0.444 e. The number of aromatic nitrogens is 1. The van der Waals surface area contributed by atoms with E-state index in [1.54, 1.807) is 0 Å². The van der Waals surface area contributed by atoms with Gasteiger partial charge in [0.25, 0.3) is 0 Å². The normalized spacial score (nSPS) is 18.9. The van der Waals surface area contributed by atoms with Crippen molar-refractivity contribution in [2.24, 2.45) is 5.92 Å². The average Bonchev–Trinajstić information content (AvgIpc) is 2.45. The SMILES string of the molecule is Cc1ccc(NC[C@H]2CCCN(C(=O)OC(C)(C)C)C2)nc1. The van der Waals surface area contributed by atoms with E-state index in [4.69, 9.17) is 4.74 Å². The first-order valence-electron chi connectivity index (χ1n) is 7.98. The van der Waals surface area contributed by atoms with Crippen LogP contribution in [-0.4, -0.2) is 41.2 Å². The Balaban J connectivity index is 1.82. The van der Waals surface area contributed by atoms with E-state index in [0.717, 1.165) is 43.9 Å². The van der Waals surface area contributed by atoms with Crippen LogP contribution in [0.1, 0.15) is 39.2 Å². The van der Waals surface area contributed by atoms with Crippen molar-refractivity contribution in [2.75, 3.05) is 25.0 Å². The Morgan fingerprint density at radius 3 is 2.86 bits per heavy atom. The molecule has 0 bridgehead atoms. The molecule has 1 atom stereocenters. The molecule has 22 heavy (non-hydrogen) atoms. The zero-order valence-electron chi connectivity index (χ0n) is 14.1. The molecule has 1 fully saturated rings. The molecule has 2 heterocycles. The third kappa shape index (κ3) is 5.20. The van der Waals surface area contributed by atoms with E-state index in [0.29, 0.717) is 5.92 Å². The topological polar surface area (TPSA) is 54.5 Å². The van der Waals surface area contributed by atoms with Crippen molar-refractivity contribution in [1.29, 1.82) is 0 Å². The van der Waals surface area contributed by atoms with E-state index in [9.17, 15) is 4.79 Å². The number of carbonyl (C=O) groups is 1. The predicted molar refractivity (Wildman–Crippen MR) is 88.0 cm³/mol. The zero-order chi connectivity index (χ0) is 16.2. The minimum Gasteiger partial charge on any atom is -0.444 e. The Bertz CT molecular complexity index is 494. The quantitative estimate of drug-likeness (QED) is 0.929. The van der Waals surface area contributed by atoms with Crippen molar-refractivity contribution in [1.82, 2.24) is 9.88 Å². The lowest BCUT2D eigenvalue weighted by Gasteiger charge is -2.34. The number of nitrogens with one attached hydrogen (secondary N) is 1. The lowest BCUT2D eigenvalue weighted by atomic mass is 9.98. The molecule has 2 rings (SSSR count). The number of pyridine rings is 1. The van der Waals surface area contributed by atoms with Crippen LogP contribution in [0, 0.1) is 12.8 Å². The Morgan fingerprint density at radius 1 is 1.45 bits per heavy atom. The summed E-state index contributed by atoms with van der Waals surface area (Å²) in [5, 5.41) is 3.36. The first-order chi connectivity index (χ1) is 10.3. The zero-order valence-corrected chi connectivity index (χ0v) is 14.1. The number of nitrogens with zero attached hydrogens (tertiary/aromatic N) is 2. The van der Waals surface area contributed by atoms with Gasteiger partial charge in [-0.15, -0.1) is 0 Å². The number of likely N-dealkylation sites (tertiary alicyclic amines) is 1. The fraction of sp³-hybridized carbons (Fsp3) is 0.647. The van der Waals surface area contributed by atoms with Crippen LogP contribution >= 0.6 is 0 Å². The number of aryl methyl sites for hydroxylation is 1. The highest BCUT2D eigenvalue weighted by Gasteiger charge is 2.27. The minimum absolute atomic E-state index is 0.203. The van der Waals surface area contributed by atoms with Gasteiger partial charge in [-0.3, -0.25) is 0 Å². The number of rotatable bonds is 3. The fourth-order valence-electron chi connectivity index (χ4n) is 2.55. The lowest BCUT2D eigenvalue weighted by molar-refractivity contribution is 0.0172. The molecule has 0 spiro atoms. The molecule has 1 aliphatic rings. The molecule has 0 aliphatic carbocycles. The molecule has 0 aromatic carbocycles. The third-order valence-electron chi connectivity index (χ3n) is 3.65. The first-order valence-corrected chi connectivity index (χ1v) is 7.98. The summed E-state index contributed by atoms with van der Waals surface area (Å²) in [5.41, 5.74) is 0.716. The van der Waals surface area contributed by atoms with Crippen molar-refractivity contribution in [2.45, 2.75) is 46.1 Å². The summed E-state index contributed by atoms with van der Waals surface area (Å²) in [4.78, 5) is 18.3. The van der Waals surface area contributed by atoms with Crippen LogP contribution in [0.2, 0.25) is 0 Å². The Hall–Kier alpha value is -1.78. The van der Waals surface area contributed by atoms with E-state index in [2.05, 4.69) is 10.3 Å². The van der Waals surface area contributed by atoms with Gasteiger partial charge in [-0.2, -0.15) is 0 Å². The van der Waals surface area contributed by atoms with Gasteiger partial charge in [-0.25, -0.2) is 9.78 Å². The van der Waals surface area contributed by atoms with Crippen molar-refractivity contribution in [3.05, 3.63) is 23.9 Å². The lowest BCUT2D eigenvalue weighted by Crippen LogP contribution is -2.44. The van der Waals surface area contributed by atoms with Crippen LogP contribution in [0.4, 0.5) is 10.6 Å². The van der Waals surface area contributed by atoms with E-state index >= 15 is 0 Å². The van der Waals surface area contributed by atoms with Crippen LogP contribution in [0.15, 0.2) is 18.3 Å². The van der Waals surface area contributed by atoms with Gasteiger partial charge in [0, 0.05) is 25.8 Å². The average molecular weight is 305 g/mol. The summed E-state index contributed by atoms with van der Waals surface area (Å²) < 4.78 is 5.46. The molecular weight excluding hydrogens is 278 g/mol. The molecular formula is C17H27N3O2. The molecule has 1 aromatic rings. The molecule has 0 radical (unpaired) electrons. The van der Waals surface area contributed by atoms with Gasteiger partial charge in [-0.1, -0.05) is 6.07 Å². The van der Waals surface area contributed by atoms with Gasteiger partial charge < -0.3 is 15.0 Å². The standard InChI is InChI=1S/C17H27N3O2/c1-13-7-8-15(18-10-13)19-11-14-6-5-9-20(12-14)16(21)22-17(2,3)4/h7-8,10,14H,5-6,9,11-12H2,1-4H3,(H,18,19)/t14-/m1/s1. The van der Waals surface area contributed by atoms with Gasteiger partial charge in [0.15, 0.2) is 0 Å². The second-order valence-electron chi connectivity index (χ2n) is 7.04. The summed E-state index contributed by atoms with van der Waals surface area (Å²) in [6.07, 6.45) is 3.80. The molecule has 1 aliphatic heterocycles. The molecule has 0 unspecified atom stereocenters. The number of piperidine rings is 1. The van der Waals surface area contributed by atoms with Crippen LogP contribution in [-0.2, 0) is 4.74 Å². The van der Waals surface area contributed by atoms with Crippen LogP contribution in [0.3, 0.4) is 0 Å². The molecule has 1 aromatic heterocycles. The Labute approximate surface area is 133 Å². The van der Waals surface area contributed by atoms with Crippen molar-refractivity contribution in [3.8, 4) is 0 Å². The van der Waals surface area contributed by atoms with E-state index in [1.807, 2.05) is 50.9 Å². The number of amides is 1. The molecule has 1 N–H and O–H groups in total. The molecule has 122 valence electrons. The first kappa shape index (κ1) is 16.6. The second kappa shape index (κ2) is 6.99. The summed E-state index contributed by atoms with van der Waals surface area (Å²) in [5.74, 6) is 1.32. The maximum Gasteiger partial charge on any atom is 0.410 e. The summed E-state index contributed by atoms with van der Waals surface area (Å²) in [6, 6.07) is 4.03. The van der Waals surface area contributed by atoms with Gasteiger partial charge in [-0.05, 0) is 58.1 Å². The smallest absolute Gasteiger partial charge is 0.410 e. The number of hydrogen-bond donors (Lipinski definition) is 1. The molecule has 5 heteroatoms. The van der Waals surface area contributed by atoms with E-state index in [-0.39, 0.29) is 6.09 Å². The maximum absolute atomic E-state index is 12.1. The highest BCUT2D eigenvalue weighted by Crippen LogP contribution is 2.19.